The molecule has 1 fully saturated rings. The Labute approximate surface area is 116 Å². The van der Waals surface area contributed by atoms with Crippen molar-refractivity contribution in [2.45, 2.75) is 52.2 Å². The smallest absolute Gasteiger partial charge is 0.244 e. The van der Waals surface area contributed by atoms with Gasteiger partial charge >= 0.3 is 0 Å². The second-order valence-corrected chi connectivity index (χ2v) is 5.77. The van der Waals surface area contributed by atoms with E-state index >= 15 is 0 Å². The van der Waals surface area contributed by atoms with Crippen molar-refractivity contribution in [2.75, 3.05) is 19.7 Å². The van der Waals surface area contributed by atoms with Gasteiger partial charge < -0.3 is 15.4 Å². The second-order valence-electron chi connectivity index (χ2n) is 5.77. The predicted molar refractivity (Wildman–Crippen MR) is 76.4 cm³/mol. The van der Waals surface area contributed by atoms with E-state index < -0.39 is 5.54 Å². The van der Waals surface area contributed by atoms with E-state index in [1.165, 1.54) is 0 Å². The fourth-order valence-corrected chi connectivity index (χ4v) is 2.71. The molecular weight excluding hydrogens is 240 g/mol. The van der Waals surface area contributed by atoms with E-state index in [4.69, 9.17) is 16.9 Å². The first-order chi connectivity index (χ1) is 8.85. The Morgan fingerprint density at radius 1 is 1.53 bits per heavy atom. The van der Waals surface area contributed by atoms with Gasteiger partial charge in [0.25, 0.3) is 0 Å². The largest absolute Gasteiger partial charge is 0.378 e. The molecule has 0 spiro atoms. The van der Waals surface area contributed by atoms with Gasteiger partial charge in [-0.2, -0.15) is 0 Å². The third-order valence-electron chi connectivity index (χ3n) is 4.27. The average Bonchev–Trinajstić information content (AvgIpc) is 2.37. The lowest BCUT2D eigenvalue weighted by Gasteiger charge is -2.58. The molecule has 1 rings (SSSR count). The molecule has 2 unspecified atom stereocenters. The maximum atomic E-state index is 12.6. The van der Waals surface area contributed by atoms with Gasteiger partial charge in [0.1, 0.15) is 5.54 Å². The zero-order chi connectivity index (χ0) is 14.7. The van der Waals surface area contributed by atoms with Crippen LogP contribution in [-0.4, -0.2) is 42.1 Å². The van der Waals surface area contributed by atoms with Crippen LogP contribution in [0.25, 0.3) is 0 Å². The number of nitrogens with zero attached hydrogens (tertiary/aromatic N) is 1. The van der Waals surface area contributed by atoms with Crippen LogP contribution in [0, 0.1) is 17.8 Å². The zero-order valence-electron chi connectivity index (χ0n) is 12.5. The Hall–Kier alpha value is -1.05. The highest BCUT2D eigenvalue weighted by atomic mass is 16.5. The Kier molecular flexibility index (Phi) is 5.00. The minimum Gasteiger partial charge on any atom is -0.378 e. The summed E-state index contributed by atoms with van der Waals surface area (Å²) >= 11 is 0. The molecule has 19 heavy (non-hydrogen) atoms. The molecule has 0 bridgehead atoms. The first-order valence-electron chi connectivity index (χ1n) is 6.98. The van der Waals surface area contributed by atoms with Gasteiger partial charge in [-0.05, 0) is 13.3 Å². The quantitative estimate of drug-likeness (QED) is 0.739. The number of hydrogen-bond acceptors (Lipinski definition) is 3. The monoisotopic (exact) mass is 266 g/mol. The highest BCUT2D eigenvalue weighted by molar-refractivity contribution is 5.89. The predicted octanol–water partition coefficient (Wildman–Crippen LogP) is 1.39. The number of rotatable bonds is 6. The van der Waals surface area contributed by atoms with Gasteiger partial charge in [0.05, 0.1) is 12.6 Å². The lowest BCUT2D eigenvalue weighted by molar-refractivity contribution is -0.178. The number of carbonyl (C=O) groups excluding carboxylic acids is 1. The number of nitrogens with two attached hydrogens (primary N) is 1. The molecule has 1 aliphatic carbocycles. The summed E-state index contributed by atoms with van der Waals surface area (Å²) in [4.78, 5) is 14.3. The van der Waals surface area contributed by atoms with Crippen molar-refractivity contribution in [3.63, 3.8) is 0 Å². The van der Waals surface area contributed by atoms with Crippen LogP contribution in [-0.2, 0) is 9.53 Å². The van der Waals surface area contributed by atoms with E-state index in [1.54, 1.807) is 4.90 Å². The number of hydrogen-bond donors (Lipinski definition) is 1. The molecule has 0 aromatic heterocycles. The van der Waals surface area contributed by atoms with Gasteiger partial charge in [-0.1, -0.05) is 26.7 Å². The molecule has 1 amide bonds. The number of amides is 1. The van der Waals surface area contributed by atoms with Gasteiger partial charge in [-0.3, -0.25) is 4.79 Å². The van der Waals surface area contributed by atoms with Crippen LogP contribution in [0.1, 0.15) is 40.5 Å². The molecule has 4 heteroatoms. The molecule has 0 saturated heterocycles. The van der Waals surface area contributed by atoms with Crippen molar-refractivity contribution >= 4 is 5.91 Å². The minimum atomic E-state index is -0.862. The van der Waals surface area contributed by atoms with Crippen molar-refractivity contribution in [3.8, 4) is 12.3 Å². The first-order valence-corrected chi connectivity index (χ1v) is 6.98. The van der Waals surface area contributed by atoms with Gasteiger partial charge in [-0.25, -0.2) is 0 Å². The maximum Gasteiger partial charge on any atom is 0.244 e. The summed E-state index contributed by atoms with van der Waals surface area (Å²) in [6.07, 6.45) is 6.82. The van der Waals surface area contributed by atoms with Gasteiger partial charge in [-0.15, -0.1) is 6.42 Å². The van der Waals surface area contributed by atoms with Gasteiger partial charge in [0.2, 0.25) is 5.91 Å². The fraction of sp³-hybridized carbons (Fsp3) is 0.800. The fourth-order valence-electron chi connectivity index (χ4n) is 2.71. The van der Waals surface area contributed by atoms with Crippen molar-refractivity contribution in [1.29, 1.82) is 0 Å². The Balaban J connectivity index is 2.84. The van der Waals surface area contributed by atoms with Crippen molar-refractivity contribution in [2.24, 2.45) is 11.1 Å². The summed E-state index contributed by atoms with van der Waals surface area (Å²) in [5.41, 5.74) is 5.14. The first kappa shape index (κ1) is 16.0. The van der Waals surface area contributed by atoms with Crippen molar-refractivity contribution in [1.82, 2.24) is 4.90 Å². The molecule has 0 radical (unpaired) electrons. The Morgan fingerprint density at radius 3 is 2.58 bits per heavy atom. The maximum absolute atomic E-state index is 12.6. The third kappa shape index (κ3) is 2.63. The van der Waals surface area contributed by atoms with E-state index in [1.807, 2.05) is 27.7 Å². The Morgan fingerprint density at radius 2 is 2.16 bits per heavy atom. The topological polar surface area (TPSA) is 55.6 Å². The van der Waals surface area contributed by atoms with Crippen LogP contribution in [0.5, 0.6) is 0 Å². The number of carbonyl (C=O) groups is 1. The second kappa shape index (κ2) is 5.94. The molecule has 4 nitrogen and oxygen atoms in total. The molecule has 2 atom stereocenters. The standard InChI is InChI=1S/C15H26N2O2/c1-6-9-17(10-7-2)13(18)15(16)11-12(19-8-3)14(15,4)5/h1,12H,7-11,16H2,2-5H3. The van der Waals surface area contributed by atoms with E-state index in [-0.39, 0.29) is 17.4 Å². The summed E-state index contributed by atoms with van der Waals surface area (Å²) in [6, 6.07) is 0. The molecule has 2 N–H and O–H groups in total. The van der Waals surface area contributed by atoms with Crippen LogP contribution in [0.15, 0.2) is 0 Å². The van der Waals surface area contributed by atoms with Crippen molar-refractivity contribution in [3.05, 3.63) is 0 Å². The van der Waals surface area contributed by atoms with Crippen LogP contribution in [0.3, 0.4) is 0 Å². The molecule has 1 aliphatic rings. The molecule has 0 aromatic carbocycles. The zero-order valence-corrected chi connectivity index (χ0v) is 12.5. The summed E-state index contributed by atoms with van der Waals surface area (Å²) in [6.45, 7) is 9.58. The summed E-state index contributed by atoms with van der Waals surface area (Å²) in [7, 11) is 0. The highest BCUT2D eigenvalue weighted by Crippen LogP contribution is 2.50. The SMILES string of the molecule is C#CCN(CCC)C(=O)C1(N)CC(OCC)C1(C)C. The lowest BCUT2D eigenvalue weighted by atomic mass is 9.54. The summed E-state index contributed by atoms with van der Waals surface area (Å²) in [5, 5.41) is 0. The van der Waals surface area contributed by atoms with Crippen LogP contribution in [0.4, 0.5) is 0 Å². The third-order valence-corrected chi connectivity index (χ3v) is 4.27. The molecule has 108 valence electrons. The van der Waals surface area contributed by atoms with Gasteiger partial charge in [0.15, 0.2) is 0 Å². The average molecular weight is 266 g/mol. The van der Waals surface area contributed by atoms with E-state index in [2.05, 4.69) is 5.92 Å². The van der Waals surface area contributed by atoms with Gasteiger partial charge in [0, 0.05) is 25.0 Å². The molecular formula is C15H26N2O2. The van der Waals surface area contributed by atoms with E-state index in [9.17, 15) is 4.79 Å². The highest BCUT2D eigenvalue weighted by Gasteiger charge is 2.63. The Bertz CT molecular complexity index is 373. The molecule has 0 aliphatic heterocycles. The van der Waals surface area contributed by atoms with E-state index in [0.717, 1.165) is 6.42 Å². The normalized spacial score (nSPS) is 28.3. The lowest BCUT2D eigenvalue weighted by Crippen LogP contribution is -2.76. The summed E-state index contributed by atoms with van der Waals surface area (Å²) in [5.74, 6) is 2.49. The van der Waals surface area contributed by atoms with Crippen LogP contribution in [0.2, 0.25) is 0 Å². The molecule has 1 saturated carbocycles. The number of ether oxygens (including phenoxy) is 1. The van der Waals surface area contributed by atoms with Crippen LogP contribution < -0.4 is 5.73 Å². The van der Waals surface area contributed by atoms with E-state index in [0.29, 0.717) is 26.1 Å². The van der Waals surface area contributed by atoms with Crippen molar-refractivity contribution < 1.29 is 9.53 Å². The van der Waals surface area contributed by atoms with Crippen LogP contribution >= 0.6 is 0 Å². The summed E-state index contributed by atoms with van der Waals surface area (Å²) < 4.78 is 5.65. The molecule has 0 heterocycles. The minimum absolute atomic E-state index is 0.0424. The molecule has 0 aromatic rings. The number of terminal acetylenes is 1.